The lowest BCUT2D eigenvalue weighted by molar-refractivity contribution is -0.150. The summed E-state index contributed by atoms with van der Waals surface area (Å²) in [5, 5.41) is 12.4. The second kappa shape index (κ2) is 8.21. The first kappa shape index (κ1) is 21.5. The van der Waals surface area contributed by atoms with Crippen molar-refractivity contribution in [1.29, 1.82) is 0 Å². The molecule has 172 valence electrons. The lowest BCUT2D eigenvalue weighted by atomic mass is 9.82. The summed E-state index contributed by atoms with van der Waals surface area (Å²) in [5.41, 5.74) is 3.72. The van der Waals surface area contributed by atoms with E-state index in [9.17, 15) is 19.5 Å². The Labute approximate surface area is 192 Å². The van der Waals surface area contributed by atoms with Gasteiger partial charge in [0.15, 0.2) is 0 Å². The van der Waals surface area contributed by atoms with Crippen molar-refractivity contribution < 1.29 is 24.2 Å². The average molecular weight is 449 g/mol. The third-order valence-electron chi connectivity index (χ3n) is 7.67. The van der Waals surface area contributed by atoms with Crippen LogP contribution in [0.15, 0.2) is 48.5 Å². The quantitative estimate of drug-likeness (QED) is 0.726. The van der Waals surface area contributed by atoms with E-state index in [1.165, 1.54) is 0 Å². The predicted octanol–water partition coefficient (Wildman–Crippen LogP) is 3.77. The highest BCUT2D eigenvalue weighted by molar-refractivity contribution is 5.87. The summed E-state index contributed by atoms with van der Waals surface area (Å²) in [5.74, 6) is -1.13. The highest BCUT2D eigenvalue weighted by atomic mass is 16.5. The monoisotopic (exact) mass is 448 g/mol. The molecular weight excluding hydrogens is 420 g/mol. The Morgan fingerprint density at radius 2 is 1.73 bits per heavy atom. The fourth-order valence-corrected chi connectivity index (χ4v) is 6.02. The lowest BCUT2D eigenvalue weighted by Crippen LogP contribution is -2.51. The third kappa shape index (κ3) is 3.46. The number of hydrogen-bond acceptors (Lipinski definition) is 4. The van der Waals surface area contributed by atoms with Crippen LogP contribution in [0.2, 0.25) is 0 Å². The van der Waals surface area contributed by atoms with Crippen LogP contribution >= 0.6 is 0 Å². The molecule has 2 fully saturated rings. The number of rotatable bonds is 5. The lowest BCUT2D eigenvalue weighted by Gasteiger charge is -2.30. The molecule has 3 atom stereocenters. The molecule has 7 heteroatoms. The average Bonchev–Trinajstić information content (AvgIpc) is 3.48. The highest BCUT2D eigenvalue weighted by Gasteiger charge is 2.57. The van der Waals surface area contributed by atoms with Gasteiger partial charge in [-0.25, -0.2) is 4.79 Å². The number of carboxylic acid groups (broad SMARTS) is 1. The molecule has 3 aliphatic rings. The Balaban J connectivity index is 1.22. The molecule has 1 heterocycles. The number of aliphatic carboxylic acids is 1. The predicted molar refractivity (Wildman–Crippen MR) is 122 cm³/mol. The SMILES string of the molecule is CC(NC(=O)OCC1c2ccccc2-c2ccccc21)C(=O)N1CCC2(C(=O)O)CCCC12. The van der Waals surface area contributed by atoms with Crippen molar-refractivity contribution in [3.05, 3.63) is 59.7 Å². The number of alkyl carbamates (subject to hydrolysis) is 1. The normalized spacial score (nSPS) is 24.0. The van der Waals surface area contributed by atoms with E-state index >= 15 is 0 Å². The summed E-state index contributed by atoms with van der Waals surface area (Å²) in [6.45, 7) is 2.21. The molecular formula is C26H28N2O5. The smallest absolute Gasteiger partial charge is 0.407 e. The number of carbonyl (C=O) groups is 3. The number of amides is 2. The van der Waals surface area contributed by atoms with Gasteiger partial charge in [-0.05, 0) is 48.4 Å². The minimum absolute atomic E-state index is 0.0533. The summed E-state index contributed by atoms with van der Waals surface area (Å²) in [4.78, 5) is 39.1. The number of nitrogens with zero attached hydrogens (tertiary/aromatic N) is 1. The van der Waals surface area contributed by atoms with Gasteiger partial charge in [-0.2, -0.15) is 0 Å². The Morgan fingerprint density at radius 1 is 1.09 bits per heavy atom. The standard InChI is InChI=1S/C26H28N2O5/c1-16(23(29)28-14-13-26(24(30)31)12-6-11-22(26)28)27-25(32)33-15-21-19-9-4-2-7-17(19)18-8-3-5-10-20(18)21/h2-5,7-10,16,21-22H,6,11-15H2,1H3,(H,27,32)(H,30,31). The molecule has 0 spiro atoms. The van der Waals surface area contributed by atoms with Crippen molar-refractivity contribution in [3.63, 3.8) is 0 Å². The fourth-order valence-electron chi connectivity index (χ4n) is 6.02. The van der Waals surface area contributed by atoms with Crippen molar-refractivity contribution in [1.82, 2.24) is 10.2 Å². The molecule has 1 aliphatic heterocycles. The zero-order valence-electron chi connectivity index (χ0n) is 18.6. The molecule has 2 amide bonds. The van der Waals surface area contributed by atoms with Gasteiger partial charge in [0.2, 0.25) is 5.91 Å². The van der Waals surface area contributed by atoms with Crippen molar-refractivity contribution in [2.24, 2.45) is 5.41 Å². The molecule has 2 aromatic carbocycles. The Bertz CT molecular complexity index is 1070. The van der Waals surface area contributed by atoms with Gasteiger partial charge in [-0.15, -0.1) is 0 Å². The van der Waals surface area contributed by atoms with Crippen LogP contribution in [0.4, 0.5) is 4.79 Å². The number of fused-ring (bicyclic) bond motifs is 4. The summed E-state index contributed by atoms with van der Waals surface area (Å²) in [7, 11) is 0. The fraction of sp³-hybridized carbons (Fsp3) is 0.423. The molecule has 0 radical (unpaired) electrons. The van der Waals surface area contributed by atoms with E-state index in [1.807, 2.05) is 24.3 Å². The van der Waals surface area contributed by atoms with Crippen molar-refractivity contribution >= 4 is 18.0 Å². The van der Waals surface area contributed by atoms with Gasteiger partial charge in [0.05, 0.1) is 5.41 Å². The first-order chi connectivity index (χ1) is 15.9. The van der Waals surface area contributed by atoms with Crippen LogP contribution in [0.1, 0.15) is 49.7 Å². The minimum atomic E-state index is -0.834. The number of likely N-dealkylation sites (tertiary alicyclic amines) is 1. The van der Waals surface area contributed by atoms with E-state index < -0.39 is 23.5 Å². The van der Waals surface area contributed by atoms with Crippen LogP contribution in [-0.2, 0) is 14.3 Å². The van der Waals surface area contributed by atoms with E-state index in [4.69, 9.17) is 4.74 Å². The second-order valence-electron chi connectivity index (χ2n) is 9.34. The summed E-state index contributed by atoms with van der Waals surface area (Å²) >= 11 is 0. The maximum Gasteiger partial charge on any atom is 0.407 e. The molecule has 7 nitrogen and oxygen atoms in total. The van der Waals surface area contributed by atoms with Gasteiger partial charge < -0.3 is 20.1 Å². The molecule has 33 heavy (non-hydrogen) atoms. The number of nitrogens with one attached hydrogen (secondary N) is 1. The third-order valence-corrected chi connectivity index (χ3v) is 7.67. The topological polar surface area (TPSA) is 95.9 Å². The van der Waals surface area contributed by atoms with Crippen LogP contribution in [-0.4, -0.2) is 53.2 Å². The summed E-state index contributed by atoms with van der Waals surface area (Å²) in [6, 6.07) is 15.1. The number of hydrogen-bond donors (Lipinski definition) is 2. The molecule has 3 unspecified atom stereocenters. The van der Waals surface area contributed by atoms with Gasteiger partial charge in [-0.3, -0.25) is 9.59 Å². The molecule has 2 aliphatic carbocycles. The van der Waals surface area contributed by atoms with E-state index in [0.717, 1.165) is 28.7 Å². The molecule has 5 rings (SSSR count). The molecule has 2 N–H and O–H groups in total. The van der Waals surface area contributed by atoms with Crippen LogP contribution < -0.4 is 5.32 Å². The molecule has 2 aromatic rings. The summed E-state index contributed by atoms with van der Waals surface area (Å²) in [6.07, 6.45) is 1.92. The summed E-state index contributed by atoms with van der Waals surface area (Å²) < 4.78 is 5.55. The van der Waals surface area contributed by atoms with E-state index in [0.29, 0.717) is 25.8 Å². The van der Waals surface area contributed by atoms with Crippen LogP contribution in [0.5, 0.6) is 0 Å². The van der Waals surface area contributed by atoms with Gasteiger partial charge >= 0.3 is 12.1 Å². The maximum atomic E-state index is 13.0. The van der Waals surface area contributed by atoms with Crippen LogP contribution in [0.3, 0.4) is 0 Å². The Morgan fingerprint density at radius 3 is 2.36 bits per heavy atom. The highest BCUT2D eigenvalue weighted by Crippen LogP contribution is 2.49. The van der Waals surface area contributed by atoms with E-state index in [-0.39, 0.29) is 24.5 Å². The molecule has 1 saturated heterocycles. The zero-order valence-corrected chi connectivity index (χ0v) is 18.6. The van der Waals surface area contributed by atoms with Gasteiger partial charge in [0, 0.05) is 18.5 Å². The molecule has 0 aromatic heterocycles. The zero-order chi connectivity index (χ0) is 23.2. The van der Waals surface area contributed by atoms with Crippen LogP contribution in [0.25, 0.3) is 11.1 Å². The van der Waals surface area contributed by atoms with Gasteiger partial charge in [0.25, 0.3) is 0 Å². The largest absolute Gasteiger partial charge is 0.481 e. The first-order valence-electron chi connectivity index (χ1n) is 11.6. The Hall–Kier alpha value is -3.35. The number of carboxylic acids is 1. The van der Waals surface area contributed by atoms with E-state index in [1.54, 1.807) is 11.8 Å². The first-order valence-corrected chi connectivity index (χ1v) is 11.6. The van der Waals surface area contributed by atoms with Crippen molar-refractivity contribution in [2.45, 2.75) is 50.6 Å². The number of ether oxygens (including phenoxy) is 1. The van der Waals surface area contributed by atoms with Gasteiger partial charge in [0.1, 0.15) is 12.6 Å². The Kier molecular flexibility index (Phi) is 5.35. The molecule has 1 saturated carbocycles. The second-order valence-corrected chi connectivity index (χ2v) is 9.34. The minimum Gasteiger partial charge on any atom is -0.481 e. The number of carbonyl (C=O) groups excluding carboxylic acids is 2. The van der Waals surface area contributed by atoms with Crippen molar-refractivity contribution in [2.75, 3.05) is 13.2 Å². The molecule has 0 bridgehead atoms. The van der Waals surface area contributed by atoms with E-state index in [2.05, 4.69) is 29.6 Å². The number of benzene rings is 2. The van der Waals surface area contributed by atoms with Crippen molar-refractivity contribution in [3.8, 4) is 11.1 Å². The van der Waals surface area contributed by atoms with Gasteiger partial charge in [-0.1, -0.05) is 55.0 Å². The van der Waals surface area contributed by atoms with Crippen LogP contribution in [0, 0.1) is 5.41 Å². The maximum absolute atomic E-state index is 13.0.